The Labute approximate surface area is 106 Å². The average Bonchev–Trinajstić information content (AvgIpc) is 2.36. The normalized spacial score (nSPS) is 11.2. The standard InChI is InChI=1S/C12H19N3O3/c1-12(2,7-16)15(3)10-9(11(17)18-4)5-8(13)6-14-10/h5-6,16H,7,13H2,1-4H3. The molecule has 6 nitrogen and oxygen atoms in total. The maximum Gasteiger partial charge on any atom is 0.341 e. The Morgan fingerprint density at radius 3 is 2.72 bits per heavy atom. The van der Waals surface area contributed by atoms with Crippen LogP contribution in [-0.4, -0.2) is 42.4 Å². The third-order valence-electron chi connectivity index (χ3n) is 2.91. The minimum atomic E-state index is -0.550. The van der Waals surface area contributed by atoms with E-state index < -0.39 is 11.5 Å². The first kappa shape index (κ1) is 14.2. The lowest BCUT2D eigenvalue weighted by Gasteiger charge is -2.35. The Bertz CT molecular complexity index is 446. The number of hydrogen-bond donors (Lipinski definition) is 2. The molecule has 0 aliphatic rings. The second-order valence-electron chi connectivity index (χ2n) is 4.66. The molecule has 0 unspecified atom stereocenters. The summed E-state index contributed by atoms with van der Waals surface area (Å²) in [6.45, 7) is 3.61. The van der Waals surface area contributed by atoms with Crippen molar-refractivity contribution in [3.05, 3.63) is 17.8 Å². The molecule has 0 aromatic carbocycles. The molecule has 18 heavy (non-hydrogen) atoms. The molecule has 0 saturated carbocycles. The van der Waals surface area contributed by atoms with Gasteiger partial charge in [-0.3, -0.25) is 0 Å². The first-order chi connectivity index (χ1) is 8.33. The number of hydrogen-bond acceptors (Lipinski definition) is 6. The molecule has 1 aromatic heterocycles. The van der Waals surface area contributed by atoms with Crippen LogP contribution in [0, 0.1) is 0 Å². The van der Waals surface area contributed by atoms with Crippen LogP contribution in [0.2, 0.25) is 0 Å². The molecular formula is C12H19N3O3. The molecule has 1 heterocycles. The van der Waals surface area contributed by atoms with Gasteiger partial charge in [0.15, 0.2) is 0 Å². The summed E-state index contributed by atoms with van der Waals surface area (Å²) < 4.78 is 4.70. The third kappa shape index (κ3) is 2.70. The predicted octanol–water partition coefficient (Wildman–Crippen LogP) is 0.657. The number of likely N-dealkylation sites (N-methyl/N-ethyl adjacent to an activating group) is 1. The van der Waals surface area contributed by atoms with Crippen LogP contribution in [0.1, 0.15) is 24.2 Å². The van der Waals surface area contributed by atoms with E-state index in [2.05, 4.69) is 4.98 Å². The van der Waals surface area contributed by atoms with Gasteiger partial charge >= 0.3 is 5.97 Å². The van der Waals surface area contributed by atoms with Crippen molar-refractivity contribution in [2.45, 2.75) is 19.4 Å². The molecule has 0 saturated heterocycles. The monoisotopic (exact) mass is 253 g/mol. The fourth-order valence-corrected chi connectivity index (χ4v) is 1.39. The first-order valence-corrected chi connectivity index (χ1v) is 5.52. The average molecular weight is 253 g/mol. The van der Waals surface area contributed by atoms with E-state index in [4.69, 9.17) is 10.5 Å². The molecule has 0 bridgehead atoms. The van der Waals surface area contributed by atoms with Crippen molar-refractivity contribution < 1.29 is 14.6 Å². The molecule has 1 aromatic rings. The SMILES string of the molecule is COC(=O)c1cc(N)cnc1N(C)C(C)(C)CO. The summed E-state index contributed by atoms with van der Waals surface area (Å²) in [5.74, 6) is -0.0829. The molecule has 0 spiro atoms. The second kappa shape index (κ2) is 5.22. The zero-order chi connectivity index (χ0) is 13.9. The lowest BCUT2D eigenvalue weighted by Crippen LogP contribution is -2.45. The molecule has 0 aliphatic carbocycles. The first-order valence-electron chi connectivity index (χ1n) is 5.52. The van der Waals surface area contributed by atoms with Crippen molar-refractivity contribution in [1.82, 2.24) is 4.98 Å². The molecule has 100 valence electrons. The van der Waals surface area contributed by atoms with Gasteiger partial charge in [0.1, 0.15) is 11.4 Å². The van der Waals surface area contributed by atoms with Crippen molar-refractivity contribution in [3.8, 4) is 0 Å². The minimum Gasteiger partial charge on any atom is -0.465 e. The number of rotatable bonds is 4. The van der Waals surface area contributed by atoms with Gasteiger partial charge in [-0.15, -0.1) is 0 Å². The third-order valence-corrected chi connectivity index (χ3v) is 2.91. The Kier molecular flexibility index (Phi) is 4.13. The number of methoxy groups -OCH3 is 1. The Morgan fingerprint density at radius 1 is 1.61 bits per heavy atom. The van der Waals surface area contributed by atoms with Gasteiger partial charge < -0.3 is 20.5 Å². The van der Waals surface area contributed by atoms with E-state index >= 15 is 0 Å². The number of nitrogen functional groups attached to an aromatic ring is 1. The number of esters is 1. The summed E-state index contributed by atoms with van der Waals surface area (Å²) in [7, 11) is 3.05. The summed E-state index contributed by atoms with van der Waals surface area (Å²) in [5, 5.41) is 9.36. The van der Waals surface area contributed by atoms with Crippen LogP contribution in [0.15, 0.2) is 12.3 Å². The highest BCUT2D eigenvalue weighted by Gasteiger charge is 2.27. The van der Waals surface area contributed by atoms with Crippen molar-refractivity contribution >= 4 is 17.5 Å². The van der Waals surface area contributed by atoms with E-state index in [0.29, 0.717) is 11.5 Å². The van der Waals surface area contributed by atoms with Gasteiger partial charge in [0.2, 0.25) is 0 Å². The fourth-order valence-electron chi connectivity index (χ4n) is 1.39. The number of carbonyl (C=O) groups excluding carboxylic acids is 1. The summed E-state index contributed by atoms with van der Waals surface area (Å²) in [4.78, 5) is 17.6. The van der Waals surface area contributed by atoms with Crippen LogP contribution in [0.5, 0.6) is 0 Å². The molecule has 6 heteroatoms. The van der Waals surface area contributed by atoms with Gasteiger partial charge in [0.05, 0.1) is 31.1 Å². The number of anilines is 2. The van der Waals surface area contributed by atoms with E-state index in [1.54, 1.807) is 11.9 Å². The minimum absolute atomic E-state index is 0.0732. The van der Waals surface area contributed by atoms with E-state index in [0.717, 1.165) is 0 Å². The van der Waals surface area contributed by atoms with Crippen LogP contribution in [0.25, 0.3) is 0 Å². The van der Waals surface area contributed by atoms with Gasteiger partial charge in [0.25, 0.3) is 0 Å². The number of aliphatic hydroxyl groups excluding tert-OH is 1. The summed E-state index contributed by atoms with van der Waals surface area (Å²) >= 11 is 0. The van der Waals surface area contributed by atoms with Crippen LogP contribution >= 0.6 is 0 Å². The van der Waals surface area contributed by atoms with Crippen LogP contribution < -0.4 is 10.6 Å². The Hall–Kier alpha value is -1.82. The van der Waals surface area contributed by atoms with E-state index in [-0.39, 0.29) is 12.2 Å². The van der Waals surface area contributed by atoms with Gasteiger partial charge in [-0.25, -0.2) is 9.78 Å². The molecule has 3 N–H and O–H groups in total. The smallest absolute Gasteiger partial charge is 0.341 e. The summed E-state index contributed by atoms with van der Waals surface area (Å²) in [6, 6.07) is 1.51. The summed E-state index contributed by atoms with van der Waals surface area (Å²) in [5.41, 5.74) is 5.74. The maximum absolute atomic E-state index is 11.7. The van der Waals surface area contributed by atoms with Crippen LogP contribution in [0.4, 0.5) is 11.5 Å². The zero-order valence-electron chi connectivity index (χ0n) is 11.1. The molecule has 0 amide bonds. The quantitative estimate of drug-likeness (QED) is 0.766. The van der Waals surface area contributed by atoms with Crippen molar-refractivity contribution in [3.63, 3.8) is 0 Å². The number of carbonyl (C=O) groups is 1. The second-order valence-corrected chi connectivity index (χ2v) is 4.66. The number of nitrogens with zero attached hydrogens (tertiary/aromatic N) is 2. The van der Waals surface area contributed by atoms with Gasteiger partial charge in [-0.05, 0) is 19.9 Å². The summed E-state index contributed by atoms with van der Waals surface area (Å²) in [6.07, 6.45) is 1.46. The molecular weight excluding hydrogens is 234 g/mol. The Morgan fingerprint density at radius 2 is 2.22 bits per heavy atom. The van der Waals surface area contributed by atoms with Crippen molar-refractivity contribution in [2.24, 2.45) is 0 Å². The highest BCUT2D eigenvalue weighted by Crippen LogP contribution is 2.25. The largest absolute Gasteiger partial charge is 0.465 e. The molecule has 0 aliphatic heterocycles. The number of aliphatic hydroxyl groups is 1. The van der Waals surface area contributed by atoms with Gasteiger partial charge in [0, 0.05) is 7.05 Å². The topological polar surface area (TPSA) is 88.7 Å². The lowest BCUT2D eigenvalue weighted by molar-refractivity contribution is 0.0600. The predicted molar refractivity (Wildman–Crippen MR) is 69.6 cm³/mol. The maximum atomic E-state index is 11.7. The lowest BCUT2D eigenvalue weighted by atomic mass is 10.0. The van der Waals surface area contributed by atoms with E-state index in [1.807, 2.05) is 13.8 Å². The number of pyridine rings is 1. The van der Waals surface area contributed by atoms with Gasteiger partial charge in [-0.1, -0.05) is 0 Å². The molecule has 0 atom stereocenters. The fraction of sp³-hybridized carbons (Fsp3) is 0.500. The highest BCUT2D eigenvalue weighted by atomic mass is 16.5. The van der Waals surface area contributed by atoms with Crippen molar-refractivity contribution in [2.75, 3.05) is 31.4 Å². The zero-order valence-corrected chi connectivity index (χ0v) is 11.1. The molecule has 0 radical (unpaired) electrons. The van der Waals surface area contributed by atoms with E-state index in [1.165, 1.54) is 19.4 Å². The molecule has 0 fully saturated rings. The van der Waals surface area contributed by atoms with E-state index in [9.17, 15) is 9.90 Å². The van der Waals surface area contributed by atoms with Crippen LogP contribution in [-0.2, 0) is 4.74 Å². The van der Waals surface area contributed by atoms with Crippen molar-refractivity contribution in [1.29, 1.82) is 0 Å². The van der Waals surface area contributed by atoms with Crippen LogP contribution in [0.3, 0.4) is 0 Å². The number of ether oxygens (including phenoxy) is 1. The Balaban J connectivity index is 3.28. The number of aromatic nitrogens is 1. The molecule has 1 rings (SSSR count). The number of nitrogens with two attached hydrogens (primary N) is 1. The highest BCUT2D eigenvalue weighted by molar-refractivity contribution is 5.95. The van der Waals surface area contributed by atoms with Gasteiger partial charge in [-0.2, -0.15) is 0 Å².